The lowest BCUT2D eigenvalue weighted by Gasteiger charge is -2.35. The number of piperazine rings is 1. The van der Waals surface area contributed by atoms with Crippen LogP contribution in [-0.4, -0.2) is 61.7 Å². The van der Waals surface area contributed by atoms with Gasteiger partial charge in [0.25, 0.3) is 0 Å². The number of hydrogen-bond acceptors (Lipinski definition) is 4. The number of carbonyl (C=O) groups is 2. The summed E-state index contributed by atoms with van der Waals surface area (Å²) < 4.78 is 27.0. The van der Waals surface area contributed by atoms with Gasteiger partial charge in [-0.3, -0.25) is 9.59 Å². The number of benzene rings is 1. The number of hydrogen-bond donors (Lipinski definition) is 1. The summed E-state index contributed by atoms with van der Waals surface area (Å²) in [4.78, 5) is 25.6. The van der Waals surface area contributed by atoms with Gasteiger partial charge in [0.1, 0.15) is 6.04 Å². The zero-order valence-electron chi connectivity index (χ0n) is 14.5. The smallest absolute Gasteiger partial charge is 0.245 e. The minimum absolute atomic E-state index is 0.102. The maximum absolute atomic E-state index is 12.8. The van der Waals surface area contributed by atoms with Crippen LogP contribution in [0.25, 0.3) is 0 Å². The fraction of sp³-hybridized carbons (Fsp3) is 0.529. The molecule has 2 aliphatic rings. The Kier molecular flexibility index (Phi) is 4.83. The van der Waals surface area contributed by atoms with E-state index in [0.717, 1.165) is 11.1 Å². The van der Waals surface area contributed by atoms with E-state index >= 15 is 0 Å². The minimum atomic E-state index is -3.55. The third-order valence-electron chi connectivity index (χ3n) is 4.96. The molecule has 8 heteroatoms. The summed E-state index contributed by atoms with van der Waals surface area (Å²) in [6.45, 7) is 5.05. The Labute approximate surface area is 148 Å². The molecule has 0 aromatic heterocycles. The fourth-order valence-electron chi connectivity index (χ4n) is 3.19. The van der Waals surface area contributed by atoms with Crippen LogP contribution >= 0.6 is 0 Å². The summed E-state index contributed by atoms with van der Waals surface area (Å²) in [5.41, 5.74) is 1.99. The Morgan fingerprint density at radius 1 is 1.12 bits per heavy atom. The molecule has 25 heavy (non-hydrogen) atoms. The van der Waals surface area contributed by atoms with Crippen LogP contribution in [0.4, 0.5) is 0 Å². The Balaban J connectivity index is 1.66. The largest absolute Gasteiger partial charge is 0.344 e. The third kappa shape index (κ3) is 3.55. The first-order valence-electron chi connectivity index (χ1n) is 8.44. The lowest BCUT2D eigenvalue weighted by Crippen LogP contribution is -2.54. The molecule has 0 saturated carbocycles. The van der Waals surface area contributed by atoms with E-state index in [4.69, 9.17) is 0 Å². The van der Waals surface area contributed by atoms with Gasteiger partial charge in [-0.15, -0.1) is 0 Å². The van der Waals surface area contributed by atoms with Crippen molar-refractivity contribution in [1.29, 1.82) is 0 Å². The van der Waals surface area contributed by atoms with Gasteiger partial charge >= 0.3 is 0 Å². The molecule has 0 spiro atoms. The van der Waals surface area contributed by atoms with Crippen molar-refractivity contribution in [2.75, 3.05) is 26.2 Å². The van der Waals surface area contributed by atoms with E-state index in [1.165, 1.54) is 4.31 Å². The van der Waals surface area contributed by atoms with Crippen LogP contribution in [0.2, 0.25) is 0 Å². The van der Waals surface area contributed by atoms with Crippen LogP contribution in [-0.2, 0) is 19.6 Å². The van der Waals surface area contributed by atoms with E-state index in [-0.39, 0.29) is 24.9 Å². The molecule has 7 nitrogen and oxygen atoms in total. The Bertz CT molecular complexity index is 798. The highest BCUT2D eigenvalue weighted by molar-refractivity contribution is 7.89. The van der Waals surface area contributed by atoms with Crippen molar-refractivity contribution in [2.24, 2.45) is 0 Å². The molecular weight excluding hydrogens is 342 g/mol. The minimum Gasteiger partial charge on any atom is -0.344 e. The molecule has 2 aliphatic heterocycles. The molecule has 136 valence electrons. The predicted octanol–water partition coefficient (Wildman–Crippen LogP) is 0.415. The van der Waals surface area contributed by atoms with Crippen LogP contribution in [0.5, 0.6) is 0 Å². The SMILES string of the molecule is Cc1ccc(S(=O)(=O)N2CCN(C(=O)[C@H]3CCC(=O)N3)CC2)cc1C. The first-order chi connectivity index (χ1) is 11.8. The zero-order valence-corrected chi connectivity index (χ0v) is 15.3. The second-order valence-electron chi connectivity index (χ2n) is 6.63. The summed E-state index contributed by atoms with van der Waals surface area (Å²) in [6.07, 6.45) is 0.885. The number of nitrogens with one attached hydrogen (secondary N) is 1. The molecule has 2 saturated heterocycles. The topological polar surface area (TPSA) is 86.8 Å². The summed E-state index contributed by atoms with van der Waals surface area (Å²) in [6, 6.07) is 4.67. The molecule has 0 aliphatic carbocycles. The van der Waals surface area contributed by atoms with Crippen molar-refractivity contribution in [3.8, 4) is 0 Å². The standard InChI is InChI=1S/C17H23N3O4S/c1-12-3-4-14(11-13(12)2)25(23,24)20-9-7-19(8-10-20)17(22)15-5-6-16(21)18-15/h3-4,11,15H,5-10H2,1-2H3,(H,18,21)/t15-/m1/s1. The monoisotopic (exact) mass is 365 g/mol. The summed E-state index contributed by atoms with van der Waals surface area (Å²) in [5, 5.41) is 2.67. The van der Waals surface area contributed by atoms with Gasteiger partial charge in [0.15, 0.2) is 0 Å². The Morgan fingerprint density at radius 2 is 1.80 bits per heavy atom. The number of aryl methyl sites for hydroxylation is 2. The Hall–Kier alpha value is -1.93. The van der Waals surface area contributed by atoms with Crippen molar-refractivity contribution in [2.45, 2.75) is 37.6 Å². The fourth-order valence-corrected chi connectivity index (χ4v) is 4.70. The van der Waals surface area contributed by atoms with Crippen molar-refractivity contribution < 1.29 is 18.0 Å². The Morgan fingerprint density at radius 3 is 2.36 bits per heavy atom. The van der Waals surface area contributed by atoms with E-state index in [0.29, 0.717) is 30.8 Å². The molecule has 2 heterocycles. The van der Waals surface area contributed by atoms with Crippen LogP contribution in [0.15, 0.2) is 23.1 Å². The number of carbonyl (C=O) groups excluding carboxylic acids is 2. The van der Waals surface area contributed by atoms with E-state index in [1.807, 2.05) is 19.9 Å². The second kappa shape index (κ2) is 6.76. The molecule has 2 amide bonds. The molecule has 1 aromatic carbocycles. The number of rotatable bonds is 3. The van der Waals surface area contributed by atoms with Gasteiger partial charge in [-0.05, 0) is 43.5 Å². The van der Waals surface area contributed by atoms with Crippen LogP contribution in [0.3, 0.4) is 0 Å². The van der Waals surface area contributed by atoms with Crippen LogP contribution in [0.1, 0.15) is 24.0 Å². The van der Waals surface area contributed by atoms with Gasteiger partial charge in [0, 0.05) is 32.6 Å². The van der Waals surface area contributed by atoms with Crippen LogP contribution < -0.4 is 5.32 Å². The molecule has 2 fully saturated rings. The number of amides is 2. The van der Waals surface area contributed by atoms with Crippen molar-refractivity contribution in [1.82, 2.24) is 14.5 Å². The third-order valence-corrected chi connectivity index (χ3v) is 6.85. The molecule has 1 aromatic rings. The average molecular weight is 365 g/mol. The van der Waals surface area contributed by atoms with Gasteiger partial charge in [-0.2, -0.15) is 4.31 Å². The molecule has 0 radical (unpaired) electrons. The van der Waals surface area contributed by atoms with Gasteiger partial charge in [0.05, 0.1) is 4.90 Å². The second-order valence-corrected chi connectivity index (χ2v) is 8.57. The summed E-state index contributed by atoms with van der Waals surface area (Å²) in [5.74, 6) is -0.219. The molecule has 0 unspecified atom stereocenters. The van der Waals surface area contributed by atoms with Gasteiger partial charge < -0.3 is 10.2 Å². The first-order valence-corrected chi connectivity index (χ1v) is 9.88. The highest BCUT2D eigenvalue weighted by atomic mass is 32.2. The lowest BCUT2D eigenvalue weighted by molar-refractivity contribution is -0.135. The van der Waals surface area contributed by atoms with E-state index in [2.05, 4.69) is 5.32 Å². The van der Waals surface area contributed by atoms with Gasteiger partial charge in [-0.25, -0.2) is 8.42 Å². The molecular formula is C17H23N3O4S. The maximum Gasteiger partial charge on any atom is 0.245 e. The average Bonchev–Trinajstić information content (AvgIpc) is 3.03. The quantitative estimate of drug-likeness (QED) is 0.841. The first kappa shape index (κ1) is 17.9. The molecule has 3 rings (SSSR count). The normalized spacial score (nSPS) is 22.1. The highest BCUT2D eigenvalue weighted by Gasteiger charge is 2.35. The molecule has 0 bridgehead atoms. The van der Waals surface area contributed by atoms with Crippen LogP contribution in [0, 0.1) is 13.8 Å². The number of nitrogens with zero attached hydrogens (tertiary/aromatic N) is 2. The molecule has 1 N–H and O–H groups in total. The zero-order chi connectivity index (χ0) is 18.2. The van der Waals surface area contributed by atoms with Gasteiger partial charge in [0.2, 0.25) is 21.8 Å². The lowest BCUT2D eigenvalue weighted by atomic mass is 10.1. The summed E-state index contributed by atoms with van der Waals surface area (Å²) in [7, 11) is -3.55. The number of sulfonamides is 1. The highest BCUT2D eigenvalue weighted by Crippen LogP contribution is 2.21. The maximum atomic E-state index is 12.8. The van der Waals surface area contributed by atoms with Gasteiger partial charge in [-0.1, -0.05) is 6.07 Å². The van der Waals surface area contributed by atoms with Crippen molar-refractivity contribution >= 4 is 21.8 Å². The molecule has 1 atom stereocenters. The predicted molar refractivity (Wildman–Crippen MR) is 92.4 cm³/mol. The van der Waals surface area contributed by atoms with Crippen molar-refractivity contribution in [3.63, 3.8) is 0 Å². The van der Waals surface area contributed by atoms with E-state index in [1.54, 1.807) is 17.0 Å². The van der Waals surface area contributed by atoms with E-state index < -0.39 is 16.1 Å². The van der Waals surface area contributed by atoms with Crippen molar-refractivity contribution in [3.05, 3.63) is 29.3 Å². The van der Waals surface area contributed by atoms with E-state index in [9.17, 15) is 18.0 Å². The summed E-state index contributed by atoms with van der Waals surface area (Å²) >= 11 is 0.